The zero-order valence-corrected chi connectivity index (χ0v) is 12.3. The molecule has 108 valence electrons. The van der Waals surface area contributed by atoms with E-state index >= 15 is 0 Å². The molecule has 1 aromatic heterocycles. The maximum absolute atomic E-state index is 12.0. The van der Waals surface area contributed by atoms with E-state index in [4.69, 9.17) is 5.73 Å². The Morgan fingerprint density at radius 3 is 2.75 bits per heavy atom. The third-order valence-corrected chi connectivity index (χ3v) is 3.34. The summed E-state index contributed by atoms with van der Waals surface area (Å²) in [4.78, 5) is 21.4. The molecule has 20 heavy (non-hydrogen) atoms. The molecule has 0 atom stereocenters. The molecule has 0 saturated carbocycles. The first-order chi connectivity index (χ1) is 9.41. The summed E-state index contributed by atoms with van der Waals surface area (Å²) in [6.45, 7) is 6.17. The van der Waals surface area contributed by atoms with Gasteiger partial charge in [-0.05, 0) is 31.1 Å². The number of hydrogen-bond acceptors (Lipinski definition) is 4. The Morgan fingerprint density at radius 1 is 1.35 bits per heavy atom. The molecule has 0 saturated heterocycles. The van der Waals surface area contributed by atoms with Gasteiger partial charge in [-0.25, -0.2) is 4.98 Å². The minimum Gasteiger partial charge on any atom is -0.330 e. The van der Waals surface area contributed by atoms with Gasteiger partial charge in [-0.1, -0.05) is 26.0 Å². The molecule has 5 heteroatoms. The number of nitrogens with one attached hydrogen (secondary N) is 1. The maximum atomic E-state index is 12.0. The zero-order chi connectivity index (χ0) is 14.8. The van der Waals surface area contributed by atoms with Crippen molar-refractivity contribution < 1.29 is 0 Å². The summed E-state index contributed by atoms with van der Waals surface area (Å²) >= 11 is 0. The standard InChI is InChI=1S/C15H22N4O/c1-15(2,9-16)10-19(3)8-13-14(20)18-12-7-5-4-6-11(12)17-13/h4-7H,8-10,16H2,1-3H3,(H,18,20). The van der Waals surface area contributed by atoms with Gasteiger partial charge in [0, 0.05) is 13.1 Å². The normalized spacial score (nSPS) is 12.2. The molecule has 0 amide bonds. The van der Waals surface area contributed by atoms with E-state index in [9.17, 15) is 4.79 Å². The zero-order valence-electron chi connectivity index (χ0n) is 12.3. The van der Waals surface area contributed by atoms with E-state index in [1.165, 1.54) is 0 Å². The molecule has 2 aromatic rings. The van der Waals surface area contributed by atoms with Crippen LogP contribution in [0.4, 0.5) is 0 Å². The van der Waals surface area contributed by atoms with Gasteiger partial charge in [0.05, 0.1) is 11.0 Å². The van der Waals surface area contributed by atoms with Crippen LogP contribution in [0.1, 0.15) is 19.5 Å². The van der Waals surface area contributed by atoms with Crippen LogP contribution in [0, 0.1) is 5.41 Å². The minimum atomic E-state index is -0.124. The fourth-order valence-electron chi connectivity index (χ4n) is 2.28. The molecular formula is C15H22N4O. The van der Waals surface area contributed by atoms with Gasteiger partial charge >= 0.3 is 0 Å². The lowest BCUT2D eigenvalue weighted by molar-refractivity contribution is 0.207. The molecule has 0 aliphatic rings. The van der Waals surface area contributed by atoms with Crippen LogP contribution in [-0.4, -0.2) is 35.0 Å². The summed E-state index contributed by atoms with van der Waals surface area (Å²) in [6, 6.07) is 7.56. The highest BCUT2D eigenvalue weighted by molar-refractivity contribution is 5.73. The first-order valence-electron chi connectivity index (χ1n) is 6.78. The van der Waals surface area contributed by atoms with Crippen LogP contribution in [0.25, 0.3) is 11.0 Å². The number of rotatable bonds is 5. The predicted octanol–water partition coefficient (Wildman–Crippen LogP) is 1.34. The second kappa shape index (κ2) is 5.73. The van der Waals surface area contributed by atoms with Crippen LogP contribution in [0.3, 0.4) is 0 Å². The van der Waals surface area contributed by atoms with Crippen molar-refractivity contribution in [3.63, 3.8) is 0 Å². The van der Waals surface area contributed by atoms with Crippen molar-refractivity contribution in [1.29, 1.82) is 0 Å². The van der Waals surface area contributed by atoms with Crippen molar-refractivity contribution >= 4 is 11.0 Å². The Bertz CT molecular complexity index is 648. The molecule has 1 heterocycles. The van der Waals surface area contributed by atoms with Crippen LogP contribution in [-0.2, 0) is 6.54 Å². The highest BCUT2D eigenvalue weighted by atomic mass is 16.1. The third-order valence-electron chi connectivity index (χ3n) is 3.34. The van der Waals surface area contributed by atoms with Crippen LogP contribution < -0.4 is 11.3 Å². The minimum absolute atomic E-state index is 0.0262. The van der Waals surface area contributed by atoms with Gasteiger partial charge in [-0.15, -0.1) is 0 Å². The van der Waals surface area contributed by atoms with Gasteiger partial charge in [0.15, 0.2) is 0 Å². The summed E-state index contributed by atoms with van der Waals surface area (Å²) in [5, 5.41) is 0. The van der Waals surface area contributed by atoms with Crippen LogP contribution in [0.5, 0.6) is 0 Å². The van der Waals surface area contributed by atoms with E-state index in [2.05, 4.69) is 28.7 Å². The molecular weight excluding hydrogens is 252 g/mol. The average molecular weight is 274 g/mol. The largest absolute Gasteiger partial charge is 0.330 e. The maximum Gasteiger partial charge on any atom is 0.271 e. The number of fused-ring (bicyclic) bond motifs is 1. The number of para-hydroxylation sites is 2. The lowest BCUT2D eigenvalue weighted by Gasteiger charge is -2.28. The smallest absolute Gasteiger partial charge is 0.271 e. The summed E-state index contributed by atoms with van der Waals surface area (Å²) < 4.78 is 0. The van der Waals surface area contributed by atoms with Crippen molar-refractivity contribution in [2.45, 2.75) is 20.4 Å². The van der Waals surface area contributed by atoms with E-state index in [0.29, 0.717) is 18.8 Å². The molecule has 0 unspecified atom stereocenters. The summed E-state index contributed by atoms with van der Waals surface area (Å²) in [7, 11) is 1.98. The number of hydrogen-bond donors (Lipinski definition) is 2. The Morgan fingerprint density at radius 2 is 2.05 bits per heavy atom. The van der Waals surface area contributed by atoms with E-state index in [1.807, 2.05) is 31.3 Å². The molecule has 0 radical (unpaired) electrons. The molecule has 1 aromatic carbocycles. The van der Waals surface area contributed by atoms with Crippen LogP contribution in [0.2, 0.25) is 0 Å². The summed E-state index contributed by atoms with van der Waals surface area (Å²) in [6.07, 6.45) is 0. The monoisotopic (exact) mass is 274 g/mol. The van der Waals surface area contributed by atoms with E-state index in [0.717, 1.165) is 17.6 Å². The predicted molar refractivity (Wildman–Crippen MR) is 81.5 cm³/mol. The Kier molecular flexibility index (Phi) is 4.20. The van der Waals surface area contributed by atoms with Crippen molar-refractivity contribution in [2.75, 3.05) is 20.1 Å². The van der Waals surface area contributed by atoms with E-state index in [-0.39, 0.29) is 11.0 Å². The molecule has 3 N–H and O–H groups in total. The van der Waals surface area contributed by atoms with Gasteiger partial charge in [0.25, 0.3) is 5.56 Å². The number of benzene rings is 1. The van der Waals surface area contributed by atoms with Gasteiger partial charge in [-0.3, -0.25) is 9.69 Å². The molecule has 0 bridgehead atoms. The molecule has 0 aliphatic carbocycles. The molecule has 2 rings (SSSR count). The second-order valence-corrected chi connectivity index (χ2v) is 6.07. The van der Waals surface area contributed by atoms with Crippen molar-refractivity contribution in [2.24, 2.45) is 11.1 Å². The van der Waals surface area contributed by atoms with E-state index < -0.39 is 0 Å². The second-order valence-electron chi connectivity index (χ2n) is 6.07. The molecule has 0 spiro atoms. The quantitative estimate of drug-likeness (QED) is 0.863. The number of nitrogens with two attached hydrogens (primary N) is 1. The van der Waals surface area contributed by atoms with Gasteiger partial charge < -0.3 is 10.7 Å². The van der Waals surface area contributed by atoms with Crippen molar-refractivity contribution in [1.82, 2.24) is 14.9 Å². The topological polar surface area (TPSA) is 75.0 Å². The first kappa shape index (κ1) is 14.7. The van der Waals surface area contributed by atoms with E-state index in [1.54, 1.807) is 0 Å². The average Bonchev–Trinajstić information content (AvgIpc) is 2.39. The van der Waals surface area contributed by atoms with Crippen molar-refractivity contribution in [3.8, 4) is 0 Å². The molecule has 5 nitrogen and oxygen atoms in total. The Labute approximate surface area is 118 Å². The fourth-order valence-corrected chi connectivity index (χ4v) is 2.28. The number of aromatic nitrogens is 2. The van der Waals surface area contributed by atoms with Gasteiger partial charge in [-0.2, -0.15) is 0 Å². The third kappa shape index (κ3) is 3.43. The van der Waals surface area contributed by atoms with Gasteiger partial charge in [0.2, 0.25) is 0 Å². The van der Waals surface area contributed by atoms with Crippen LogP contribution in [0.15, 0.2) is 29.1 Å². The van der Waals surface area contributed by atoms with Gasteiger partial charge in [0.1, 0.15) is 5.69 Å². The first-order valence-corrected chi connectivity index (χ1v) is 6.78. The number of H-pyrrole nitrogens is 1. The van der Waals surface area contributed by atoms with Crippen LogP contribution >= 0.6 is 0 Å². The number of nitrogens with zero attached hydrogens (tertiary/aromatic N) is 2. The number of aromatic amines is 1. The molecule has 0 aliphatic heterocycles. The lowest BCUT2D eigenvalue weighted by atomic mass is 9.93. The van der Waals surface area contributed by atoms with Crippen molar-refractivity contribution in [3.05, 3.63) is 40.3 Å². The highest BCUT2D eigenvalue weighted by Gasteiger charge is 2.19. The summed E-state index contributed by atoms with van der Waals surface area (Å²) in [5.41, 5.74) is 7.77. The highest BCUT2D eigenvalue weighted by Crippen LogP contribution is 2.15. The SMILES string of the molecule is CN(Cc1nc2ccccc2[nH]c1=O)CC(C)(C)CN. The Hall–Kier alpha value is -1.72. The Balaban J connectivity index is 2.21. The molecule has 0 fully saturated rings. The lowest BCUT2D eigenvalue weighted by Crippen LogP contribution is -2.37. The summed E-state index contributed by atoms with van der Waals surface area (Å²) in [5.74, 6) is 0. The fraction of sp³-hybridized carbons (Fsp3) is 0.467.